The molecule has 104 valence electrons. The van der Waals surface area contributed by atoms with Gasteiger partial charge in [-0.15, -0.1) is 0 Å². The van der Waals surface area contributed by atoms with Gasteiger partial charge in [0.05, 0.1) is 0 Å². The number of aromatic nitrogens is 2. The first-order valence-corrected chi connectivity index (χ1v) is 6.69. The second-order valence-electron chi connectivity index (χ2n) is 4.99. The van der Waals surface area contributed by atoms with E-state index in [9.17, 15) is 4.39 Å². The maximum Gasteiger partial charge on any atom is 0.141 e. The number of nitrogens with one attached hydrogen (secondary N) is 1. The zero-order valence-electron chi connectivity index (χ0n) is 11.9. The van der Waals surface area contributed by atoms with Crippen LogP contribution >= 0.6 is 0 Å². The van der Waals surface area contributed by atoms with Gasteiger partial charge in [-0.2, -0.15) is 0 Å². The fourth-order valence-corrected chi connectivity index (χ4v) is 2.69. The molecule has 2 heterocycles. The van der Waals surface area contributed by atoms with Crippen LogP contribution in [0.4, 0.5) is 21.7 Å². The number of hydrogen-bond acceptors (Lipinski definition) is 4. The Balaban J connectivity index is 2.13. The van der Waals surface area contributed by atoms with Crippen LogP contribution in [0.25, 0.3) is 0 Å². The Labute approximate surface area is 117 Å². The van der Waals surface area contributed by atoms with Gasteiger partial charge in [0.15, 0.2) is 0 Å². The Kier molecular flexibility index (Phi) is 3.04. The van der Waals surface area contributed by atoms with Crippen molar-refractivity contribution in [1.82, 2.24) is 9.97 Å². The maximum absolute atomic E-state index is 13.5. The van der Waals surface area contributed by atoms with Gasteiger partial charge in [-0.3, -0.25) is 0 Å². The normalized spacial score (nSPS) is 13.5. The van der Waals surface area contributed by atoms with Crippen LogP contribution in [0.2, 0.25) is 0 Å². The highest BCUT2D eigenvalue weighted by molar-refractivity contribution is 5.72. The Morgan fingerprint density at radius 2 is 2.05 bits per heavy atom. The van der Waals surface area contributed by atoms with Crippen LogP contribution in [0, 0.1) is 19.7 Å². The summed E-state index contributed by atoms with van der Waals surface area (Å²) in [6.07, 6.45) is 0.910. The molecule has 0 spiro atoms. The number of fused-ring (bicyclic) bond motifs is 1. The van der Waals surface area contributed by atoms with Crippen LogP contribution in [0.3, 0.4) is 0 Å². The van der Waals surface area contributed by atoms with Crippen LogP contribution < -0.4 is 10.2 Å². The van der Waals surface area contributed by atoms with Gasteiger partial charge < -0.3 is 10.2 Å². The zero-order valence-corrected chi connectivity index (χ0v) is 11.9. The number of rotatable bonds is 2. The lowest BCUT2D eigenvalue weighted by molar-refractivity contribution is 0.628. The van der Waals surface area contributed by atoms with Crippen molar-refractivity contribution in [2.75, 3.05) is 23.8 Å². The molecular weight excluding hydrogens is 255 g/mol. The Morgan fingerprint density at radius 3 is 2.80 bits per heavy atom. The molecule has 0 saturated carbocycles. The van der Waals surface area contributed by atoms with Gasteiger partial charge in [-0.1, -0.05) is 6.07 Å². The van der Waals surface area contributed by atoms with Crippen molar-refractivity contribution in [2.24, 2.45) is 0 Å². The monoisotopic (exact) mass is 272 g/mol. The number of hydrogen-bond donors (Lipinski definition) is 1. The van der Waals surface area contributed by atoms with E-state index < -0.39 is 0 Å². The van der Waals surface area contributed by atoms with Gasteiger partial charge in [-0.05, 0) is 38.0 Å². The summed E-state index contributed by atoms with van der Waals surface area (Å²) in [5, 5.41) is 3.08. The fraction of sp³-hybridized carbons (Fsp3) is 0.333. The minimum atomic E-state index is -0.215. The topological polar surface area (TPSA) is 41.1 Å². The summed E-state index contributed by atoms with van der Waals surface area (Å²) in [5.41, 5.74) is 3.05. The first-order valence-electron chi connectivity index (χ1n) is 6.69. The predicted octanol–water partition coefficient (Wildman–Crippen LogP) is 2.97. The smallest absolute Gasteiger partial charge is 0.141 e. The maximum atomic E-state index is 13.5. The van der Waals surface area contributed by atoms with Crippen LogP contribution in [0.1, 0.15) is 17.0 Å². The fourth-order valence-electron chi connectivity index (χ4n) is 2.69. The highest BCUT2D eigenvalue weighted by Crippen LogP contribution is 2.36. The predicted molar refractivity (Wildman–Crippen MR) is 78.2 cm³/mol. The second-order valence-corrected chi connectivity index (χ2v) is 4.99. The second kappa shape index (κ2) is 4.74. The van der Waals surface area contributed by atoms with E-state index in [2.05, 4.69) is 20.2 Å². The van der Waals surface area contributed by atoms with Gasteiger partial charge in [0.25, 0.3) is 0 Å². The van der Waals surface area contributed by atoms with Crippen molar-refractivity contribution in [3.63, 3.8) is 0 Å². The van der Waals surface area contributed by atoms with Gasteiger partial charge in [0, 0.05) is 24.8 Å². The van der Waals surface area contributed by atoms with Crippen molar-refractivity contribution >= 4 is 17.3 Å². The van der Waals surface area contributed by atoms with Crippen LogP contribution in [-0.2, 0) is 6.42 Å². The minimum Gasteiger partial charge on any atom is -0.373 e. The van der Waals surface area contributed by atoms with Gasteiger partial charge >= 0.3 is 0 Å². The number of benzene rings is 1. The third-order valence-corrected chi connectivity index (χ3v) is 3.67. The Hall–Kier alpha value is -2.17. The number of halogens is 1. The summed E-state index contributed by atoms with van der Waals surface area (Å²) in [5.74, 6) is 2.16. The van der Waals surface area contributed by atoms with Gasteiger partial charge in [-0.25, -0.2) is 14.4 Å². The van der Waals surface area contributed by atoms with Crippen LogP contribution in [0.5, 0.6) is 0 Å². The molecule has 1 aromatic heterocycles. The Morgan fingerprint density at radius 1 is 1.25 bits per heavy atom. The average molecular weight is 272 g/mol. The van der Waals surface area contributed by atoms with E-state index in [0.717, 1.165) is 41.4 Å². The largest absolute Gasteiger partial charge is 0.373 e. The lowest BCUT2D eigenvalue weighted by atomic mass is 10.1. The third kappa shape index (κ3) is 1.99. The SMILES string of the molecule is CNc1nc(C)nc(N2CCc3ccc(F)cc32)c1C. The molecule has 1 aliphatic rings. The molecule has 20 heavy (non-hydrogen) atoms. The quantitative estimate of drug-likeness (QED) is 0.912. The lowest BCUT2D eigenvalue weighted by Gasteiger charge is -2.22. The van der Waals surface area contributed by atoms with Crippen molar-refractivity contribution in [2.45, 2.75) is 20.3 Å². The first kappa shape index (κ1) is 12.8. The van der Waals surface area contributed by atoms with Gasteiger partial charge in [0.1, 0.15) is 23.3 Å². The van der Waals surface area contributed by atoms with Crippen molar-refractivity contribution < 1.29 is 4.39 Å². The van der Waals surface area contributed by atoms with E-state index >= 15 is 0 Å². The molecule has 0 amide bonds. The third-order valence-electron chi connectivity index (χ3n) is 3.67. The molecule has 5 heteroatoms. The van der Waals surface area contributed by atoms with E-state index in [1.165, 1.54) is 6.07 Å². The molecular formula is C15H17FN4. The van der Waals surface area contributed by atoms with Gasteiger partial charge in [0.2, 0.25) is 0 Å². The number of nitrogens with zero attached hydrogens (tertiary/aromatic N) is 3. The van der Waals surface area contributed by atoms with Crippen LogP contribution in [-0.4, -0.2) is 23.6 Å². The lowest BCUT2D eigenvalue weighted by Crippen LogP contribution is -2.18. The Bertz CT molecular complexity index is 669. The summed E-state index contributed by atoms with van der Waals surface area (Å²) in [6.45, 7) is 4.67. The standard InChI is InChI=1S/C15H17FN4/c1-9-14(17-3)18-10(2)19-15(9)20-7-6-11-4-5-12(16)8-13(11)20/h4-5,8H,6-7H2,1-3H3,(H,17,18,19). The highest BCUT2D eigenvalue weighted by atomic mass is 19.1. The van der Waals surface area contributed by atoms with Crippen LogP contribution in [0.15, 0.2) is 18.2 Å². The molecule has 0 atom stereocenters. The molecule has 0 bridgehead atoms. The molecule has 0 aliphatic carbocycles. The molecule has 1 N–H and O–H groups in total. The number of aryl methyl sites for hydroxylation is 1. The molecule has 0 fully saturated rings. The molecule has 3 rings (SSSR count). The summed E-state index contributed by atoms with van der Waals surface area (Å²) in [7, 11) is 1.84. The van der Waals surface area contributed by atoms with Crippen molar-refractivity contribution in [3.8, 4) is 0 Å². The summed E-state index contributed by atoms with van der Waals surface area (Å²) in [4.78, 5) is 11.0. The summed E-state index contributed by atoms with van der Waals surface area (Å²) < 4.78 is 13.5. The molecule has 0 unspecified atom stereocenters. The van der Waals surface area contributed by atoms with Crippen molar-refractivity contribution in [1.29, 1.82) is 0 Å². The van der Waals surface area contributed by atoms with Crippen molar-refractivity contribution in [3.05, 3.63) is 41.0 Å². The first-order chi connectivity index (χ1) is 9.60. The highest BCUT2D eigenvalue weighted by Gasteiger charge is 2.24. The molecule has 1 aliphatic heterocycles. The number of anilines is 3. The van der Waals surface area contributed by atoms with E-state index in [0.29, 0.717) is 5.82 Å². The molecule has 4 nitrogen and oxygen atoms in total. The van der Waals surface area contributed by atoms with E-state index in [1.54, 1.807) is 6.07 Å². The summed E-state index contributed by atoms with van der Waals surface area (Å²) >= 11 is 0. The summed E-state index contributed by atoms with van der Waals surface area (Å²) in [6, 6.07) is 4.95. The van der Waals surface area contributed by atoms with E-state index in [-0.39, 0.29) is 5.82 Å². The molecule has 0 radical (unpaired) electrons. The zero-order chi connectivity index (χ0) is 14.3. The molecule has 1 aromatic carbocycles. The molecule has 2 aromatic rings. The average Bonchev–Trinajstić information content (AvgIpc) is 2.83. The molecule has 0 saturated heterocycles. The minimum absolute atomic E-state index is 0.215. The van der Waals surface area contributed by atoms with E-state index in [1.807, 2.05) is 27.0 Å². The van der Waals surface area contributed by atoms with E-state index in [4.69, 9.17) is 0 Å².